The van der Waals surface area contributed by atoms with Gasteiger partial charge in [0.25, 0.3) is 0 Å². The highest BCUT2D eigenvalue weighted by Crippen LogP contribution is 1.95. The molecule has 0 radical (unpaired) electrons. The van der Waals surface area contributed by atoms with E-state index in [1.54, 1.807) is 13.8 Å². The molecule has 0 heterocycles. The SMILES string of the molecule is CC(C)NC(=O)CN(C)C(=O)NC(CC(N)=O)C(=O)O. The van der Waals surface area contributed by atoms with Crippen LogP contribution in [0.25, 0.3) is 0 Å². The molecule has 1 unspecified atom stereocenters. The first-order valence-corrected chi connectivity index (χ1v) is 5.95. The van der Waals surface area contributed by atoms with Gasteiger partial charge in [-0.25, -0.2) is 9.59 Å². The van der Waals surface area contributed by atoms with Crippen molar-refractivity contribution in [2.75, 3.05) is 13.6 Å². The fraction of sp³-hybridized carbons (Fsp3) is 0.636. The molecule has 20 heavy (non-hydrogen) atoms. The summed E-state index contributed by atoms with van der Waals surface area (Å²) in [6, 6.07) is -2.27. The summed E-state index contributed by atoms with van der Waals surface area (Å²) < 4.78 is 0. The molecule has 0 aromatic carbocycles. The molecule has 5 N–H and O–H groups in total. The number of nitrogens with one attached hydrogen (secondary N) is 2. The van der Waals surface area contributed by atoms with Crippen LogP contribution in [-0.2, 0) is 14.4 Å². The van der Waals surface area contributed by atoms with Crippen molar-refractivity contribution >= 4 is 23.8 Å². The lowest BCUT2D eigenvalue weighted by Gasteiger charge is -2.21. The molecule has 0 aromatic heterocycles. The van der Waals surface area contributed by atoms with Crippen molar-refractivity contribution in [3.63, 3.8) is 0 Å². The molecular formula is C11H20N4O5. The number of primary amides is 1. The van der Waals surface area contributed by atoms with Crippen molar-refractivity contribution in [1.29, 1.82) is 0 Å². The van der Waals surface area contributed by atoms with Gasteiger partial charge in [-0.3, -0.25) is 9.59 Å². The lowest BCUT2D eigenvalue weighted by Crippen LogP contribution is -2.50. The van der Waals surface area contributed by atoms with E-state index in [-0.39, 0.29) is 18.5 Å². The number of aliphatic carboxylic acids is 1. The van der Waals surface area contributed by atoms with Gasteiger partial charge in [-0.15, -0.1) is 0 Å². The smallest absolute Gasteiger partial charge is 0.326 e. The first-order chi connectivity index (χ1) is 9.13. The third-order valence-corrected chi connectivity index (χ3v) is 2.18. The average molecular weight is 288 g/mol. The summed E-state index contributed by atoms with van der Waals surface area (Å²) in [5.41, 5.74) is 4.89. The number of nitrogens with two attached hydrogens (primary N) is 1. The maximum absolute atomic E-state index is 11.7. The molecule has 0 saturated heterocycles. The Labute approximate surface area is 116 Å². The normalized spacial score (nSPS) is 11.6. The Kier molecular flexibility index (Phi) is 7.05. The maximum Gasteiger partial charge on any atom is 0.326 e. The van der Waals surface area contributed by atoms with Crippen LogP contribution in [-0.4, -0.2) is 59.5 Å². The maximum atomic E-state index is 11.7. The quantitative estimate of drug-likeness (QED) is 0.450. The van der Waals surface area contributed by atoms with Crippen LogP contribution in [0.5, 0.6) is 0 Å². The van der Waals surface area contributed by atoms with E-state index in [2.05, 4.69) is 10.6 Å². The second-order valence-corrected chi connectivity index (χ2v) is 4.59. The molecule has 9 heteroatoms. The van der Waals surface area contributed by atoms with Gasteiger partial charge in [-0.1, -0.05) is 0 Å². The molecule has 0 saturated carbocycles. The molecule has 0 aromatic rings. The molecule has 0 rings (SSSR count). The van der Waals surface area contributed by atoms with Crippen LogP contribution >= 0.6 is 0 Å². The Bertz CT molecular complexity index is 396. The highest BCUT2D eigenvalue weighted by Gasteiger charge is 2.24. The third kappa shape index (κ3) is 7.19. The lowest BCUT2D eigenvalue weighted by atomic mass is 10.2. The molecule has 114 valence electrons. The van der Waals surface area contributed by atoms with E-state index >= 15 is 0 Å². The topological polar surface area (TPSA) is 142 Å². The van der Waals surface area contributed by atoms with Gasteiger partial charge in [0.1, 0.15) is 12.6 Å². The average Bonchev–Trinajstić information content (AvgIpc) is 2.25. The summed E-state index contributed by atoms with van der Waals surface area (Å²) in [7, 11) is 1.33. The monoisotopic (exact) mass is 288 g/mol. The zero-order chi connectivity index (χ0) is 15.9. The predicted octanol–water partition coefficient (Wildman–Crippen LogP) is -1.52. The number of hydrogen-bond donors (Lipinski definition) is 4. The van der Waals surface area contributed by atoms with Crippen LogP contribution < -0.4 is 16.4 Å². The Morgan fingerprint density at radius 3 is 2.15 bits per heavy atom. The van der Waals surface area contributed by atoms with E-state index < -0.39 is 30.4 Å². The van der Waals surface area contributed by atoms with Crippen LogP contribution in [0.3, 0.4) is 0 Å². The van der Waals surface area contributed by atoms with Gasteiger partial charge in [-0.05, 0) is 13.8 Å². The number of carbonyl (C=O) groups excluding carboxylic acids is 3. The molecule has 4 amide bonds. The fourth-order valence-electron chi connectivity index (χ4n) is 1.32. The van der Waals surface area contributed by atoms with E-state index in [4.69, 9.17) is 10.8 Å². The Balaban J connectivity index is 4.45. The first kappa shape index (κ1) is 17.7. The second kappa shape index (κ2) is 7.97. The lowest BCUT2D eigenvalue weighted by molar-refractivity contribution is -0.140. The van der Waals surface area contributed by atoms with Crippen molar-refractivity contribution in [2.45, 2.75) is 32.4 Å². The van der Waals surface area contributed by atoms with Crippen LogP contribution in [0.2, 0.25) is 0 Å². The highest BCUT2D eigenvalue weighted by atomic mass is 16.4. The van der Waals surface area contributed by atoms with E-state index in [1.807, 2.05) is 0 Å². The third-order valence-electron chi connectivity index (χ3n) is 2.18. The van der Waals surface area contributed by atoms with E-state index in [0.717, 1.165) is 4.90 Å². The number of urea groups is 1. The summed E-state index contributed by atoms with van der Waals surface area (Å²) in [6.07, 6.45) is -0.521. The van der Waals surface area contributed by atoms with Gasteiger partial charge in [-0.2, -0.15) is 0 Å². The highest BCUT2D eigenvalue weighted by molar-refractivity contribution is 5.89. The number of carboxylic acid groups (broad SMARTS) is 1. The van der Waals surface area contributed by atoms with Crippen LogP contribution in [0.15, 0.2) is 0 Å². The summed E-state index contributed by atoms with van der Waals surface area (Å²) in [4.78, 5) is 45.7. The number of nitrogens with zero attached hydrogens (tertiary/aromatic N) is 1. The Morgan fingerprint density at radius 1 is 1.20 bits per heavy atom. The molecule has 0 aliphatic carbocycles. The molecule has 1 atom stereocenters. The number of carbonyl (C=O) groups is 4. The van der Waals surface area contributed by atoms with Crippen molar-refractivity contribution in [2.24, 2.45) is 5.73 Å². The zero-order valence-corrected chi connectivity index (χ0v) is 11.7. The van der Waals surface area contributed by atoms with Crippen molar-refractivity contribution in [3.05, 3.63) is 0 Å². The minimum absolute atomic E-state index is 0.0689. The standard InChI is InChI=1S/C11H20N4O5/c1-6(2)13-9(17)5-15(3)11(20)14-7(10(18)19)4-8(12)16/h6-7H,4-5H2,1-3H3,(H2,12,16)(H,13,17)(H,14,20)(H,18,19). The Morgan fingerprint density at radius 2 is 1.75 bits per heavy atom. The van der Waals surface area contributed by atoms with E-state index in [0.29, 0.717) is 0 Å². The van der Waals surface area contributed by atoms with Gasteiger partial charge < -0.3 is 26.4 Å². The van der Waals surface area contributed by atoms with Crippen LogP contribution in [0.1, 0.15) is 20.3 Å². The molecule has 9 nitrogen and oxygen atoms in total. The van der Waals surface area contributed by atoms with E-state index in [9.17, 15) is 19.2 Å². The van der Waals surface area contributed by atoms with Gasteiger partial charge in [0.2, 0.25) is 11.8 Å². The van der Waals surface area contributed by atoms with Crippen LogP contribution in [0, 0.1) is 0 Å². The molecule has 0 bridgehead atoms. The predicted molar refractivity (Wildman–Crippen MR) is 69.7 cm³/mol. The van der Waals surface area contributed by atoms with Crippen molar-refractivity contribution < 1.29 is 24.3 Å². The number of amides is 4. The summed E-state index contributed by atoms with van der Waals surface area (Å²) >= 11 is 0. The van der Waals surface area contributed by atoms with Gasteiger partial charge in [0, 0.05) is 13.1 Å². The van der Waals surface area contributed by atoms with Gasteiger partial charge >= 0.3 is 12.0 Å². The fourth-order valence-corrected chi connectivity index (χ4v) is 1.32. The number of hydrogen-bond acceptors (Lipinski definition) is 4. The summed E-state index contributed by atoms with van der Waals surface area (Å²) in [5.74, 6) is -2.60. The molecule has 0 aliphatic heterocycles. The summed E-state index contributed by atoms with van der Waals surface area (Å²) in [5, 5.41) is 13.5. The number of carboxylic acids is 1. The number of likely N-dealkylation sites (N-methyl/N-ethyl adjacent to an activating group) is 1. The largest absolute Gasteiger partial charge is 0.480 e. The minimum Gasteiger partial charge on any atom is -0.480 e. The zero-order valence-electron chi connectivity index (χ0n) is 11.7. The minimum atomic E-state index is -1.42. The summed E-state index contributed by atoms with van der Waals surface area (Å²) in [6.45, 7) is 3.31. The molecule has 0 spiro atoms. The van der Waals surface area contributed by atoms with E-state index in [1.165, 1.54) is 7.05 Å². The Hall–Kier alpha value is -2.32. The van der Waals surface area contributed by atoms with Crippen molar-refractivity contribution in [3.8, 4) is 0 Å². The van der Waals surface area contributed by atoms with Gasteiger partial charge in [0.15, 0.2) is 0 Å². The molecular weight excluding hydrogens is 268 g/mol. The van der Waals surface area contributed by atoms with Gasteiger partial charge in [0.05, 0.1) is 6.42 Å². The molecule has 0 fully saturated rings. The number of rotatable bonds is 7. The molecule has 0 aliphatic rings. The van der Waals surface area contributed by atoms with Crippen molar-refractivity contribution in [1.82, 2.24) is 15.5 Å². The second-order valence-electron chi connectivity index (χ2n) is 4.59. The van der Waals surface area contributed by atoms with Crippen LogP contribution in [0.4, 0.5) is 4.79 Å². The first-order valence-electron chi connectivity index (χ1n) is 5.95.